The summed E-state index contributed by atoms with van der Waals surface area (Å²) in [6, 6.07) is 7.98. The maximum Gasteiger partial charge on any atom is 0.118 e. The number of hydrogen-bond acceptors (Lipinski definition) is 3. The summed E-state index contributed by atoms with van der Waals surface area (Å²) in [4.78, 5) is 0. The molecule has 0 radical (unpaired) electrons. The average molecular weight is 264 g/mol. The number of benzene rings is 1. The molecule has 3 heteroatoms. The van der Waals surface area contributed by atoms with Crippen LogP contribution in [-0.4, -0.2) is 25.9 Å². The minimum absolute atomic E-state index is 0.329. The SMILES string of the molecule is CCCCCC1OC1COCc1ccc(OC)cc1. The van der Waals surface area contributed by atoms with Gasteiger partial charge in [-0.1, -0.05) is 38.3 Å². The fourth-order valence-electron chi connectivity index (χ4n) is 2.19. The molecule has 0 saturated carbocycles. The average Bonchev–Trinajstić information content (AvgIpc) is 3.18. The highest BCUT2D eigenvalue weighted by Gasteiger charge is 2.37. The lowest BCUT2D eigenvalue weighted by Gasteiger charge is -2.04. The Hall–Kier alpha value is -1.06. The minimum Gasteiger partial charge on any atom is -0.497 e. The Bertz CT molecular complexity index is 361. The van der Waals surface area contributed by atoms with Gasteiger partial charge in [0.05, 0.1) is 26.4 Å². The molecule has 1 aromatic carbocycles. The van der Waals surface area contributed by atoms with Crippen molar-refractivity contribution >= 4 is 0 Å². The predicted molar refractivity (Wildman–Crippen MR) is 75.5 cm³/mol. The van der Waals surface area contributed by atoms with Gasteiger partial charge in [-0.15, -0.1) is 0 Å². The van der Waals surface area contributed by atoms with Crippen molar-refractivity contribution in [2.45, 2.75) is 51.4 Å². The first-order chi connectivity index (χ1) is 9.33. The molecule has 3 nitrogen and oxygen atoms in total. The van der Waals surface area contributed by atoms with Crippen LogP contribution in [0, 0.1) is 0 Å². The van der Waals surface area contributed by atoms with Gasteiger partial charge in [-0.25, -0.2) is 0 Å². The highest BCUT2D eigenvalue weighted by molar-refractivity contribution is 5.26. The van der Waals surface area contributed by atoms with Crippen LogP contribution >= 0.6 is 0 Å². The molecule has 1 aliphatic rings. The molecular formula is C16H24O3. The fourth-order valence-corrected chi connectivity index (χ4v) is 2.19. The van der Waals surface area contributed by atoms with Crippen LogP contribution in [0.25, 0.3) is 0 Å². The molecule has 106 valence electrons. The molecule has 0 amide bonds. The molecule has 0 N–H and O–H groups in total. The first kappa shape index (κ1) is 14.4. The maximum atomic E-state index is 5.69. The number of epoxide rings is 1. The molecule has 1 aromatic rings. The van der Waals surface area contributed by atoms with E-state index in [0.29, 0.717) is 25.4 Å². The molecule has 1 aliphatic heterocycles. The molecule has 19 heavy (non-hydrogen) atoms. The normalized spacial score (nSPS) is 21.4. The zero-order valence-electron chi connectivity index (χ0n) is 11.9. The predicted octanol–water partition coefficient (Wildman–Crippen LogP) is 3.56. The monoisotopic (exact) mass is 264 g/mol. The summed E-state index contributed by atoms with van der Waals surface area (Å²) in [5.74, 6) is 0.880. The van der Waals surface area contributed by atoms with E-state index in [-0.39, 0.29) is 0 Å². The van der Waals surface area contributed by atoms with Crippen LogP contribution in [-0.2, 0) is 16.1 Å². The summed E-state index contributed by atoms with van der Waals surface area (Å²) in [5, 5.41) is 0. The third-order valence-corrected chi connectivity index (χ3v) is 3.49. The number of hydrogen-bond donors (Lipinski definition) is 0. The van der Waals surface area contributed by atoms with Crippen molar-refractivity contribution in [3.05, 3.63) is 29.8 Å². The van der Waals surface area contributed by atoms with Gasteiger partial charge >= 0.3 is 0 Å². The van der Waals surface area contributed by atoms with E-state index in [1.165, 1.54) is 31.2 Å². The van der Waals surface area contributed by atoms with Crippen LogP contribution in [0.3, 0.4) is 0 Å². The highest BCUT2D eigenvalue weighted by Crippen LogP contribution is 2.27. The van der Waals surface area contributed by atoms with E-state index < -0.39 is 0 Å². The van der Waals surface area contributed by atoms with E-state index in [1.54, 1.807) is 7.11 Å². The Kier molecular flexibility index (Phi) is 5.67. The standard InChI is InChI=1S/C16H24O3/c1-3-4-5-6-15-16(19-15)12-18-11-13-7-9-14(17-2)10-8-13/h7-10,15-16H,3-6,11-12H2,1-2H3. The van der Waals surface area contributed by atoms with Crippen LogP contribution in [0.4, 0.5) is 0 Å². The van der Waals surface area contributed by atoms with Gasteiger partial charge in [-0.05, 0) is 24.1 Å². The van der Waals surface area contributed by atoms with Crippen LogP contribution in [0.5, 0.6) is 5.75 Å². The summed E-state index contributed by atoms with van der Waals surface area (Å²) in [6.07, 6.45) is 5.81. The lowest BCUT2D eigenvalue weighted by Crippen LogP contribution is -2.05. The summed E-state index contributed by atoms with van der Waals surface area (Å²) < 4.78 is 16.4. The number of methoxy groups -OCH3 is 1. The molecule has 1 fully saturated rings. The van der Waals surface area contributed by atoms with Crippen LogP contribution in [0.1, 0.15) is 38.2 Å². The smallest absolute Gasteiger partial charge is 0.118 e. The third kappa shape index (κ3) is 4.84. The van der Waals surface area contributed by atoms with E-state index in [1.807, 2.05) is 24.3 Å². The largest absolute Gasteiger partial charge is 0.497 e. The van der Waals surface area contributed by atoms with Gasteiger partial charge in [-0.2, -0.15) is 0 Å². The number of unbranched alkanes of at least 4 members (excludes halogenated alkanes) is 2. The van der Waals surface area contributed by atoms with Gasteiger partial charge in [0.15, 0.2) is 0 Å². The van der Waals surface area contributed by atoms with E-state index in [0.717, 1.165) is 5.75 Å². The lowest BCUT2D eigenvalue weighted by atomic mass is 10.1. The Balaban J connectivity index is 1.57. The van der Waals surface area contributed by atoms with Crippen molar-refractivity contribution in [2.75, 3.05) is 13.7 Å². The summed E-state index contributed by atoms with van der Waals surface area (Å²) >= 11 is 0. The van der Waals surface area contributed by atoms with Crippen molar-refractivity contribution in [2.24, 2.45) is 0 Å². The van der Waals surface area contributed by atoms with E-state index in [9.17, 15) is 0 Å². The zero-order chi connectivity index (χ0) is 13.5. The minimum atomic E-state index is 0.329. The Labute approximate surface area is 115 Å². The Morgan fingerprint density at radius 3 is 2.58 bits per heavy atom. The van der Waals surface area contributed by atoms with E-state index in [4.69, 9.17) is 14.2 Å². The first-order valence-corrected chi connectivity index (χ1v) is 7.19. The van der Waals surface area contributed by atoms with Gasteiger partial charge in [0.25, 0.3) is 0 Å². The Morgan fingerprint density at radius 2 is 1.89 bits per heavy atom. The lowest BCUT2D eigenvalue weighted by molar-refractivity contribution is 0.104. The quantitative estimate of drug-likeness (QED) is 0.505. The van der Waals surface area contributed by atoms with Crippen LogP contribution < -0.4 is 4.74 Å². The van der Waals surface area contributed by atoms with Gasteiger partial charge in [-0.3, -0.25) is 0 Å². The van der Waals surface area contributed by atoms with Gasteiger partial charge in [0.2, 0.25) is 0 Å². The Morgan fingerprint density at radius 1 is 1.11 bits per heavy atom. The molecule has 2 unspecified atom stereocenters. The molecule has 0 aliphatic carbocycles. The van der Waals surface area contributed by atoms with Crippen molar-refractivity contribution < 1.29 is 14.2 Å². The molecular weight excluding hydrogens is 240 g/mol. The second-order valence-electron chi connectivity index (χ2n) is 5.07. The van der Waals surface area contributed by atoms with Gasteiger partial charge in [0, 0.05) is 0 Å². The number of ether oxygens (including phenoxy) is 3. The van der Waals surface area contributed by atoms with E-state index in [2.05, 4.69) is 6.92 Å². The fraction of sp³-hybridized carbons (Fsp3) is 0.625. The van der Waals surface area contributed by atoms with Crippen molar-refractivity contribution in [3.63, 3.8) is 0 Å². The summed E-state index contributed by atoms with van der Waals surface area (Å²) in [7, 11) is 1.68. The molecule has 0 spiro atoms. The van der Waals surface area contributed by atoms with Crippen LogP contribution in [0.15, 0.2) is 24.3 Å². The first-order valence-electron chi connectivity index (χ1n) is 7.19. The zero-order valence-corrected chi connectivity index (χ0v) is 11.9. The molecule has 0 aromatic heterocycles. The highest BCUT2D eigenvalue weighted by atomic mass is 16.6. The summed E-state index contributed by atoms with van der Waals surface area (Å²) in [6.45, 7) is 3.58. The van der Waals surface area contributed by atoms with E-state index >= 15 is 0 Å². The van der Waals surface area contributed by atoms with Crippen molar-refractivity contribution in [3.8, 4) is 5.75 Å². The maximum absolute atomic E-state index is 5.69. The summed E-state index contributed by atoms with van der Waals surface area (Å²) in [5.41, 5.74) is 1.17. The third-order valence-electron chi connectivity index (χ3n) is 3.49. The van der Waals surface area contributed by atoms with Crippen molar-refractivity contribution in [1.29, 1.82) is 0 Å². The van der Waals surface area contributed by atoms with Gasteiger partial charge < -0.3 is 14.2 Å². The second-order valence-corrected chi connectivity index (χ2v) is 5.07. The molecule has 2 rings (SSSR count). The van der Waals surface area contributed by atoms with Crippen LogP contribution in [0.2, 0.25) is 0 Å². The van der Waals surface area contributed by atoms with Gasteiger partial charge in [0.1, 0.15) is 11.9 Å². The number of rotatable bonds is 9. The molecule has 1 heterocycles. The second kappa shape index (κ2) is 7.51. The topological polar surface area (TPSA) is 31.0 Å². The molecule has 1 saturated heterocycles. The molecule has 0 bridgehead atoms. The molecule has 2 atom stereocenters. The van der Waals surface area contributed by atoms with Crippen molar-refractivity contribution in [1.82, 2.24) is 0 Å².